The van der Waals surface area contributed by atoms with E-state index in [1.165, 1.54) is 10.4 Å². The molecule has 2 aliphatic rings. The number of pyridine rings is 1. The van der Waals surface area contributed by atoms with Gasteiger partial charge in [-0.3, -0.25) is 4.79 Å². The molecule has 0 spiro atoms. The van der Waals surface area contributed by atoms with Gasteiger partial charge in [0.05, 0.1) is 4.90 Å². The van der Waals surface area contributed by atoms with E-state index in [0.29, 0.717) is 31.7 Å². The fourth-order valence-corrected chi connectivity index (χ4v) is 5.37. The maximum absolute atomic E-state index is 12.9. The van der Waals surface area contributed by atoms with Gasteiger partial charge in [-0.25, -0.2) is 13.4 Å². The predicted molar refractivity (Wildman–Crippen MR) is 106 cm³/mol. The molecule has 0 bridgehead atoms. The number of anilines is 1. The second-order valence-corrected chi connectivity index (χ2v) is 9.11. The molecule has 0 radical (unpaired) electrons. The Kier molecular flexibility index (Phi) is 5.32. The van der Waals surface area contributed by atoms with Crippen molar-refractivity contribution >= 4 is 21.6 Å². The van der Waals surface area contributed by atoms with Gasteiger partial charge in [0.25, 0.3) is 5.91 Å². The van der Waals surface area contributed by atoms with Gasteiger partial charge in [0.15, 0.2) is 12.4 Å². The van der Waals surface area contributed by atoms with E-state index < -0.39 is 10.0 Å². The first-order valence-corrected chi connectivity index (χ1v) is 11.1. The predicted octanol–water partition coefficient (Wildman–Crippen LogP) is 1.25. The quantitative estimate of drug-likeness (QED) is 0.773. The number of aromatic amines is 1. The maximum Gasteiger partial charge on any atom is 0.254 e. The van der Waals surface area contributed by atoms with Gasteiger partial charge in [0.1, 0.15) is 0 Å². The molecular weight excluding hydrogens is 376 g/mol. The van der Waals surface area contributed by atoms with Gasteiger partial charge in [-0.05, 0) is 31.0 Å². The first kappa shape index (κ1) is 18.9. The smallest absolute Gasteiger partial charge is 0.254 e. The van der Waals surface area contributed by atoms with E-state index in [2.05, 4.69) is 9.88 Å². The minimum Gasteiger partial charge on any atom is -0.368 e. The van der Waals surface area contributed by atoms with Crippen LogP contribution in [0.3, 0.4) is 0 Å². The van der Waals surface area contributed by atoms with E-state index in [4.69, 9.17) is 0 Å². The summed E-state index contributed by atoms with van der Waals surface area (Å²) in [5.74, 6) is -0.112. The highest BCUT2D eigenvalue weighted by Gasteiger charge is 2.28. The Morgan fingerprint density at radius 3 is 2.25 bits per heavy atom. The zero-order valence-electron chi connectivity index (χ0n) is 15.8. The van der Waals surface area contributed by atoms with Gasteiger partial charge in [-0.1, -0.05) is 6.07 Å². The third-order valence-corrected chi connectivity index (χ3v) is 7.31. The highest BCUT2D eigenvalue weighted by molar-refractivity contribution is 7.89. The molecule has 1 aromatic carbocycles. The standard InChI is InChI=1S/C20H24N4O3S/c25-20(23-14-12-22(13-15-23)18-6-8-21-9-7-18)17-4-3-5-19(16-17)28(26,27)24-10-1-2-11-24/h3-9,16H,1-2,10-15H2/p+1. The SMILES string of the molecule is O=C(c1cccc(S(=O)(=O)N2CCCC2)c1)N1CCN(c2cc[nH+]cc2)CC1. The van der Waals surface area contributed by atoms with Crippen LogP contribution in [-0.4, -0.2) is 62.8 Å². The average molecular weight is 402 g/mol. The highest BCUT2D eigenvalue weighted by Crippen LogP contribution is 2.22. The van der Waals surface area contributed by atoms with Gasteiger partial charge in [0, 0.05) is 62.7 Å². The summed E-state index contributed by atoms with van der Waals surface area (Å²) in [6.07, 6.45) is 5.56. The number of carbonyl (C=O) groups excluding carboxylic acids is 1. The molecule has 8 heteroatoms. The zero-order valence-corrected chi connectivity index (χ0v) is 16.6. The number of nitrogens with one attached hydrogen (secondary N) is 1. The van der Waals surface area contributed by atoms with Crippen molar-refractivity contribution in [3.63, 3.8) is 0 Å². The number of piperazine rings is 1. The molecule has 0 saturated carbocycles. The summed E-state index contributed by atoms with van der Waals surface area (Å²) in [5.41, 5.74) is 1.56. The molecule has 28 heavy (non-hydrogen) atoms. The third-order valence-electron chi connectivity index (χ3n) is 5.42. The molecule has 0 unspecified atom stereocenters. The molecule has 1 N–H and O–H groups in total. The Morgan fingerprint density at radius 2 is 1.57 bits per heavy atom. The Morgan fingerprint density at radius 1 is 0.893 bits per heavy atom. The van der Waals surface area contributed by atoms with Crippen molar-refractivity contribution < 1.29 is 18.2 Å². The molecule has 3 heterocycles. The first-order valence-electron chi connectivity index (χ1n) is 9.66. The Labute approximate surface area is 165 Å². The van der Waals surface area contributed by atoms with Crippen molar-refractivity contribution in [3.05, 3.63) is 54.4 Å². The Balaban J connectivity index is 1.46. The fraction of sp³-hybridized carbons (Fsp3) is 0.400. The number of hydrogen-bond acceptors (Lipinski definition) is 4. The topological polar surface area (TPSA) is 75.1 Å². The van der Waals surface area contributed by atoms with Crippen LogP contribution in [-0.2, 0) is 10.0 Å². The van der Waals surface area contributed by atoms with Gasteiger partial charge in [-0.15, -0.1) is 0 Å². The maximum atomic E-state index is 12.9. The molecule has 7 nitrogen and oxygen atoms in total. The van der Waals surface area contributed by atoms with E-state index in [1.54, 1.807) is 23.1 Å². The molecule has 0 aliphatic carbocycles. The lowest BCUT2D eigenvalue weighted by Gasteiger charge is -2.35. The Bertz CT molecular complexity index is 935. The highest BCUT2D eigenvalue weighted by atomic mass is 32.2. The summed E-state index contributed by atoms with van der Waals surface area (Å²) < 4.78 is 27.1. The number of benzene rings is 1. The van der Waals surface area contributed by atoms with Crippen molar-refractivity contribution in [1.82, 2.24) is 9.21 Å². The molecule has 0 atom stereocenters. The van der Waals surface area contributed by atoms with Crippen LogP contribution in [0, 0.1) is 0 Å². The largest absolute Gasteiger partial charge is 0.368 e. The first-order chi connectivity index (χ1) is 13.6. The second-order valence-electron chi connectivity index (χ2n) is 7.18. The van der Waals surface area contributed by atoms with Crippen LogP contribution < -0.4 is 9.88 Å². The number of hydrogen-bond donors (Lipinski definition) is 0. The van der Waals surface area contributed by atoms with Crippen LogP contribution in [0.1, 0.15) is 23.2 Å². The van der Waals surface area contributed by atoms with Gasteiger partial charge in [0.2, 0.25) is 10.0 Å². The normalized spacial score (nSPS) is 18.4. The zero-order chi connectivity index (χ0) is 19.6. The van der Waals surface area contributed by atoms with Gasteiger partial charge in [-0.2, -0.15) is 4.31 Å². The molecule has 2 fully saturated rings. The monoisotopic (exact) mass is 401 g/mol. The number of rotatable bonds is 4. The summed E-state index contributed by atoms with van der Waals surface area (Å²) >= 11 is 0. The van der Waals surface area contributed by atoms with Crippen LogP contribution >= 0.6 is 0 Å². The van der Waals surface area contributed by atoms with Crippen LogP contribution in [0.5, 0.6) is 0 Å². The van der Waals surface area contributed by atoms with Crippen molar-refractivity contribution in [3.8, 4) is 0 Å². The summed E-state index contributed by atoms with van der Waals surface area (Å²) in [6, 6.07) is 10.5. The van der Waals surface area contributed by atoms with E-state index in [1.807, 2.05) is 24.5 Å². The van der Waals surface area contributed by atoms with Gasteiger partial charge < -0.3 is 9.80 Å². The molecule has 148 valence electrons. The number of aromatic nitrogens is 1. The van der Waals surface area contributed by atoms with E-state index in [9.17, 15) is 13.2 Å². The van der Waals surface area contributed by atoms with Crippen LogP contribution in [0.2, 0.25) is 0 Å². The minimum atomic E-state index is -3.52. The molecule has 2 aliphatic heterocycles. The van der Waals surface area contributed by atoms with Crippen molar-refractivity contribution in [1.29, 1.82) is 0 Å². The lowest BCUT2D eigenvalue weighted by molar-refractivity contribution is -0.377. The number of nitrogens with zero attached hydrogens (tertiary/aromatic N) is 3. The summed E-state index contributed by atoms with van der Waals surface area (Å²) in [4.78, 5) is 20.2. The van der Waals surface area contributed by atoms with Gasteiger partial charge >= 0.3 is 0 Å². The van der Waals surface area contributed by atoms with Crippen LogP contribution in [0.25, 0.3) is 0 Å². The van der Waals surface area contributed by atoms with Crippen LogP contribution in [0.4, 0.5) is 5.69 Å². The lowest BCUT2D eigenvalue weighted by atomic mass is 10.1. The minimum absolute atomic E-state index is 0.112. The second kappa shape index (κ2) is 7.89. The number of H-pyrrole nitrogens is 1. The molecule has 2 aromatic rings. The summed E-state index contributed by atoms with van der Waals surface area (Å²) in [6.45, 7) is 3.84. The van der Waals surface area contributed by atoms with Crippen molar-refractivity contribution in [2.24, 2.45) is 0 Å². The van der Waals surface area contributed by atoms with Crippen molar-refractivity contribution in [2.45, 2.75) is 17.7 Å². The number of carbonyl (C=O) groups is 1. The number of sulfonamides is 1. The molecule has 2 saturated heterocycles. The van der Waals surface area contributed by atoms with Crippen molar-refractivity contribution in [2.75, 3.05) is 44.2 Å². The number of amides is 1. The average Bonchev–Trinajstić information content (AvgIpc) is 3.30. The lowest BCUT2D eigenvalue weighted by Crippen LogP contribution is -2.48. The van der Waals surface area contributed by atoms with Crippen LogP contribution in [0.15, 0.2) is 53.7 Å². The van der Waals surface area contributed by atoms with E-state index >= 15 is 0 Å². The van der Waals surface area contributed by atoms with E-state index in [0.717, 1.165) is 31.6 Å². The molecule has 1 aromatic heterocycles. The Hall–Kier alpha value is -2.45. The summed E-state index contributed by atoms with van der Waals surface area (Å²) in [7, 11) is -3.52. The molecule has 4 rings (SSSR count). The summed E-state index contributed by atoms with van der Waals surface area (Å²) in [5, 5.41) is 0. The molecular formula is C20H25N4O3S+. The fourth-order valence-electron chi connectivity index (χ4n) is 3.81. The molecule has 1 amide bonds. The van der Waals surface area contributed by atoms with E-state index in [-0.39, 0.29) is 10.8 Å². The third kappa shape index (κ3) is 3.74.